The summed E-state index contributed by atoms with van der Waals surface area (Å²) < 4.78 is 35.6. The number of hydrogen-bond donors (Lipinski definition) is 2. The fourth-order valence-corrected chi connectivity index (χ4v) is 2.50. The molecule has 0 aromatic carbocycles. The van der Waals surface area contributed by atoms with E-state index in [9.17, 15) is 18.0 Å². The average molecular weight is 222 g/mol. The highest BCUT2D eigenvalue weighted by atomic mass is 19.4. The van der Waals surface area contributed by atoms with Crippen LogP contribution < -0.4 is 10.6 Å². The van der Waals surface area contributed by atoms with E-state index in [4.69, 9.17) is 0 Å². The van der Waals surface area contributed by atoms with Crippen LogP contribution >= 0.6 is 0 Å². The van der Waals surface area contributed by atoms with Gasteiger partial charge in [0.05, 0.1) is 0 Å². The lowest BCUT2D eigenvalue weighted by atomic mass is 10.0. The van der Waals surface area contributed by atoms with E-state index in [2.05, 4.69) is 5.32 Å². The zero-order chi connectivity index (χ0) is 11.1. The Kier molecular flexibility index (Phi) is 2.62. The molecule has 1 saturated carbocycles. The largest absolute Gasteiger partial charge is 0.471 e. The second-order valence-electron chi connectivity index (χ2n) is 4.25. The van der Waals surface area contributed by atoms with Crippen LogP contribution in [0.3, 0.4) is 0 Å². The molecule has 2 fully saturated rings. The number of nitrogens with one attached hydrogen (secondary N) is 2. The first-order chi connectivity index (χ1) is 6.97. The lowest BCUT2D eigenvalue weighted by Crippen LogP contribution is -2.47. The Labute approximate surface area is 85.4 Å². The first kappa shape index (κ1) is 10.7. The second kappa shape index (κ2) is 3.66. The minimum Gasteiger partial charge on any atom is -0.347 e. The van der Waals surface area contributed by atoms with Gasteiger partial charge in [-0.25, -0.2) is 0 Å². The maximum Gasteiger partial charge on any atom is 0.471 e. The van der Waals surface area contributed by atoms with Gasteiger partial charge in [-0.3, -0.25) is 4.79 Å². The van der Waals surface area contributed by atoms with Crippen LogP contribution in [0.5, 0.6) is 0 Å². The summed E-state index contributed by atoms with van der Waals surface area (Å²) in [7, 11) is 0. The number of piperidine rings is 1. The summed E-state index contributed by atoms with van der Waals surface area (Å²) in [5.74, 6) is -1.41. The van der Waals surface area contributed by atoms with Gasteiger partial charge in [0.25, 0.3) is 0 Å². The smallest absolute Gasteiger partial charge is 0.347 e. The molecule has 2 rings (SSSR count). The van der Waals surface area contributed by atoms with Crippen molar-refractivity contribution in [1.29, 1.82) is 0 Å². The molecule has 0 aromatic heterocycles. The van der Waals surface area contributed by atoms with Crippen LogP contribution in [0.1, 0.15) is 19.3 Å². The topological polar surface area (TPSA) is 41.1 Å². The summed E-state index contributed by atoms with van der Waals surface area (Å²) in [6.45, 7) is 0.0828. The number of fused-ring (bicyclic) bond motifs is 2. The fourth-order valence-electron chi connectivity index (χ4n) is 2.50. The second-order valence-corrected chi connectivity index (χ2v) is 4.25. The molecule has 2 aliphatic rings. The van der Waals surface area contributed by atoms with Crippen molar-refractivity contribution in [2.24, 2.45) is 5.92 Å². The van der Waals surface area contributed by atoms with Gasteiger partial charge in [-0.1, -0.05) is 0 Å². The van der Waals surface area contributed by atoms with E-state index in [0.717, 1.165) is 19.3 Å². The van der Waals surface area contributed by atoms with Crippen molar-refractivity contribution in [3.8, 4) is 0 Å². The maximum absolute atomic E-state index is 11.9. The SMILES string of the molecule is O=C(NCC1NC2CCC1C2)C(F)(F)F. The predicted octanol–water partition coefficient (Wildman–Crippen LogP) is 0.805. The Morgan fingerprint density at radius 1 is 1.40 bits per heavy atom. The molecular formula is C9H13F3N2O. The molecule has 3 nitrogen and oxygen atoms in total. The summed E-state index contributed by atoms with van der Waals surface area (Å²) >= 11 is 0. The Balaban J connectivity index is 1.77. The molecule has 3 atom stereocenters. The normalized spacial score (nSPS) is 34.5. The van der Waals surface area contributed by atoms with Gasteiger partial charge in [-0.15, -0.1) is 0 Å². The van der Waals surface area contributed by atoms with Gasteiger partial charge in [0.1, 0.15) is 0 Å². The van der Waals surface area contributed by atoms with Gasteiger partial charge >= 0.3 is 12.1 Å². The van der Waals surface area contributed by atoms with Gasteiger partial charge in [0.2, 0.25) is 0 Å². The highest BCUT2D eigenvalue weighted by Crippen LogP contribution is 2.34. The van der Waals surface area contributed by atoms with Gasteiger partial charge in [0, 0.05) is 18.6 Å². The minimum atomic E-state index is -4.77. The molecule has 6 heteroatoms. The highest BCUT2D eigenvalue weighted by Gasteiger charge is 2.42. The van der Waals surface area contributed by atoms with Crippen LogP contribution in [0.25, 0.3) is 0 Å². The molecule has 0 aromatic rings. The maximum atomic E-state index is 11.9. The third kappa shape index (κ3) is 2.25. The Hall–Kier alpha value is -0.780. The quantitative estimate of drug-likeness (QED) is 0.725. The van der Waals surface area contributed by atoms with Crippen LogP contribution in [0, 0.1) is 5.92 Å². The number of carbonyl (C=O) groups excluding carboxylic acids is 1. The van der Waals surface area contributed by atoms with Gasteiger partial charge in [-0.2, -0.15) is 13.2 Å². The number of halogens is 3. The van der Waals surface area contributed by atoms with Crippen molar-refractivity contribution < 1.29 is 18.0 Å². The van der Waals surface area contributed by atoms with Gasteiger partial charge < -0.3 is 10.6 Å². The molecule has 0 radical (unpaired) electrons. The third-order valence-corrected chi connectivity index (χ3v) is 3.23. The molecule has 2 N–H and O–H groups in total. The molecule has 2 bridgehead atoms. The molecule has 0 spiro atoms. The highest BCUT2D eigenvalue weighted by molar-refractivity contribution is 5.81. The number of rotatable bonds is 2. The molecule has 15 heavy (non-hydrogen) atoms. The molecule has 1 amide bonds. The zero-order valence-electron chi connectivity index (χ0n) is 8.10. The van der Waals surface area contributed by atoms with Crippen LogP contribution in [0.2, 0.25) is 0 Å². The number of carbonyl (C=O) groups is 1. The van der Waals surface area contributed by atoms with Crippen molar-refractivity contribution in [3.05, 3.63) is 0 Å². The van der Waals surface area contributed by atoms with Gasteiger partial charge in [-0.05, 0) is 25.2 Å². The third-order valence-electron chi connectivity index (χ3n) is 3.23. The summed E-state index contributed by atoms with van der Waals surface area (Å²) in [5.41, 5.74) is 0. The molecule has 1 aliphatic carbocycles. The molecule has 1 saturated heterocycles. The molecule has 1 aliphatic heterocycles. The molecule has 1 heterocycles. The van der Waals surface area contributed by atoms with E-state index in [1.165, 1.54) is 0 Å². The monoisotopic (exact) mass is 222 g/mol. The molecule has 86 valence electrons. The van der Waals surface area contributed by atoms with Crippen LogP contribution in [0.15, 0.2) is 0 Å². The van der Waals surface area contributed by atoms with Crippen molar-refractivity contribution >= 4 is 5.91 Å². The standard InChI is InChI=1S/C9H13F3N2O/c10-9(11,12)8(15)13-4-7-5-1-2-6(3-5)14-7/h5-7,14H,1-4H2,(H,13,15). The van der Waals surface area contributed by atoms with Gasteiger partial charge in [0.15, 0.2) is 0 Å². The van der Waals surface area contributed by atoms with Crippen molar-refractivity contribution in [2.75, 3.05) is 6.54 Å². The van der Waals surface area contributed by atoms with E-state index in [-0.39, 0.29) is 12.6 Å². The Morgan fingerprint density at radius 2 is 2.13 bits per heavy atom. The number of hydrogen-bond acceptors (Lipinski definition) is 2. The minimum absolute atomic E-state index is 0.0232. The molecular weight excluding hydrogens is 209 g/mol. The van der Waals surface area contributed by atoms with Crippen molar-refractivity contribution in [2.45, 2.75) is 37.5 Å². The van der Waals surface area contributed by atoms with Crippen molar-refractivity contribution in [1.82, 2.24) is 10.6 Å². The molecule has 3 unspecified atom stereocenters. The lowest BCUT2D eigenvalue weighted by Gasteiger charge is -2.23. The average Bonchev–Trinajstić information content (AvgIpc) is 2.73. The fraction of sp³-hybridized carbons (Fsp3) is 0.889. The summed E-state index contributed by atoms with van der Waals surface area (Å²) in [6.07, 6.45) is -1.57. The Morgan fingerprint density at radius 3 is 2.60 bits per heavy atom. The Bertz CT molecular complexity index is 267. The first-order valence-corrected chi connectivity index (χ1v) is 5.08. The first-order valence-electron chi connectivity index (χ1n) is 5.08. The van der Waals surface area contributed by atoms with E-state index in [1.54, 1.807) is 0 Å². The number of amides is 1. The number of alkyl halides is 3. The predicted molar refractivity (Wildman–Crippen MR) is 47.1 cm³/mol. The van der Waals surface area contributed by atoms with Crippen LogP contribution in [-0.4, -0.2) is 30.7 Å². The van der Waals surface area contributed by atoms with E-state index >= 15 is 0 Å². The summed E-state index contributed by atoms with van der Waals surface area (Å²) in [4.78, 5) is 10.6. The zero-order valence-corrected chi connectivity index (χ0v) is 8.10. The van der Waals surface area contributed by atoms with Crippen LogP contribution in [0.4, 0.5) is 13.2 Å². The van der Waals surface area contributed by atoms with Crippen LogP contribution in [-0.2, 0) is 4.79 Å². The van der Waals surface area contributed by atoms with Crippen molar-refractivity contribution in [3.63, 3.8) is 0 Å². The lowest BCUT2D eigenvalue weighted by molar-refractivity contribution is -0.173. The van der Waals surface area contributed by atoms with E-state index in [0.29, 0.717) is 12.0 Å². The summed E-state index contributed by atoms with van der Waals surface area (Å²) in [5, 5.41) is 5.14. The van der Waals surface area contributed by atoms with E-state index in [1.807, 2.05) is 5.32 Å². The summed E-state index contributed by atoms with van der Waals surface area (Å²) in [6, 6.07) is 0.470. The van der Waals surface area contributed by atoms with E-state index < -0.39 is 12.1 Å².